The van der Waals surface area contributed by atoms with E-state index in [4.69, 9.17) is 9.47 Å². The molecule has 0 fully saturated rings. The van der Waals surface area contributed by atoms with Gasteiger partial charge in [0, 0.05) is 0 Å². The molecule has 6 nitrogen and oxygen atoms in total. The Balaban J connectivity index is 2.17. The number of esters is 2. The van der Waals surface area contributed by atoms with Crippen LogP contribution in [0, 0.1) is 11.8 Å². The first-order chi connectivity index (χ1) is 15.1. The molecule has 1 aliphatic heterocycles. The molecule has 1 aromatic carbocycles. The first kappa shape index (κ1) is 24.3. The summed E-state index contributed by atoms with van der Waals surface area (Å²) in [6.45, 7) is 7.31. The maximum absolute atomic E-state index is 13.7. The molecule has 32 heavy (non-hydrogen) atoms. The molecule has 7 heteroatoms. The van der Waals surface area contributed by atoms with E-state index in [0.29, 0.717) is 23.3 Å². The van der Waals surface area contributed by atoms with Crippen molar-refractivity contribution in [2.45, 2.75) is 57.6 Å². The molecule has 3 rings (SSSR count). The van der Waals surface area contributed by atoms with Crippen molar-refractivity contribution < 1.29 is 23.9 Å². The molecule has 1 N–H and O–H groups in total. The van der Waals surface area contributed by atoms with Gasteiger partial charge in [0.1, 0.15) is 0 Å². The predicted octanol–water partition coefficient (Wildman–Crippen LogP) is 3.21. The topological polar surface area (TPSA) is 81.7 Å². The summed E-state index contributed by atoms with van der Waals surface area (Å²) in [4.78, 5) is 39.3. The van der Waals surface area contributed by atoms with E-state index in [0.717, 1.165) is 11.3 Å². The van der Waals surface area contributed by atoms with Gasteiger partial charge in [-0.1, -0.05) is 0 Å². The van der Waals surface area contributed by atoms with Crippen LogP contribution in [0.25, 0.3) is 0 Å². The van der Waals surface area contributed by atoms with Crippen molar-refractivity contribution in [1.82, 2.24) is 5.32 Å². The number of carbonyl (C=O) groups is 3. The van der Waals surface area contributed by atoms with Gasteiger partial charge in [-0.25, -0.2) is 0 Å². The van der Waals surface area contributed by atoms with E-state index in [1.165, 1.54) is 11.5 Å². The van der Waals surface area contributed by atoms with E-state index in [9.17, 15) is 14.4 Å². The Bertz CT molecular complexity index is 990. The summed E-state index contributed by atoms with van der Waals surface area (Å²) in [5.41, 5.74) is 7.70. The van der Waals surface area contributed by atoms with Gasteiger partial charge < -0.3 is 0 Å². The minimum atomic E-state index is -1.06. The molecular formula is C25H32AsNO5. The molecule has 1 aliphatic carbocycles. The van der Waals surface area contributed by atoms with Crippen molar-refractivity contribution in [1.29, 1.82) is 0 Å². The number of rotatable bonds is 5. The van der Waals surface area contributed by atoms with Gasteiger partial charge in [0.25, 0.3) is 0 Å². The molecule has 3 atom stereocenters. The third kappa shape index (κ3) is 4.56. The van der Waals surface area contributed by atoms with E-state index < -0.39 is 38.4 Å². The van der Waals surface area contributed by atoms with Gasteiger partial charge >= 0.3 is 195 Å². The van der Waals surface area contributed by atoms with Gasteiger partial charge in [0.15, 0.2) is 0 Å². The average molecular weight is 501 g/mol. The zero-order valence-electron chi connectivity index (χ0n) is 19.8. The standard InChI is InChI=1S/C25H32AsNO5/c1-13(2)32-25(30)20-15(4)27-18-12-14(3)19(24(29)31-7)23(28)22(18)21(20)16-8-10-17(11-9-16)26(5)6/h8-11,13-14,19,21,27H,12H2,1-7H3. The molecule has 0 aromatic heterocycles. The summed E-state index contributed by atoms with van der Waals surface area (Å²) in [6, 6.07) is 8.18. The Morgan fingerprint density at radius 3 is 2.31 bits per heavy atom. The van der Waals surface area contributed by atoms with Gasteiger partial charge in [0.05, 0.1) is 0 Å². The van der Waals surface area contributed by atoms with Gasteiger partial charge in [-0.15, -0.1) is 0 Å². The van der Waals surface area contributed by atoms with Gasteiger partial charge in [-0.2, -0.15) is 0 Å². The quantitative estimate of drug-likeness (QED) is 0.379. The summed E-state index contributed by atoms with van der Waals surface area (Å²) < 4.78 is 11.8. The molecule has 0 saturated heterocycles. The SMILES string of the molecule is COC(=O)C1C(=O)C2=C(CC1C)NC(C)=C(C(=O)OC(C)C)C2c1ccc([As](C)C)cc1. The second-order valence-electron chi connectivity index (χ2n) is 8.98. The van der Waals surface area contributed by atoms with E-state index >= 15 is 0 Å². The fraction of sp³-hybridized carbons (Fsp3) is 0.480. The van der Waals surface area contributed by atoms with Gasteiger partial charge in [0.2, 0.25) is 0 Å². The van der Waals surface area contributed by atoms with Crippen LogP contribution in [0.15, 0.2) is 46.8 Å². The van der Waals surface area contributed by atoms with Crippen molar-refractivity contribution in [2.75, 3.05) is 7.11 Å². The first-order valence-corrected chi connectivity index (χ1v) is 15.6. The number of dihydropyridines is 1. The van der Waals surface area contributed by atoms with Crippen LogP contribution >= 0.6 is 0 Å². The van der Waals surface area contributed by atoms with Gasteiger partial charge in [-0.3, -0.25) is 0 Å². The average Bonchev–Trinajstić information content (AvgIpc) is 2.71. The fourth-order valence-corrected chi connectivity index (χ4v) is 6.09. The number of benzene rings is 1. The summed E-state index contributed by atoms with van der Waals surface area (Å²) in [5, 5.41) is 3.28. The molecule has 2 aliphatic rings. The van der Waals surface area contributed by atoms with E-state index in [1.54, 1.807) is 13.8 Å². The van der Waals surface area contributed by atoms with Crippen LogP contribution in [0.4, 0.5) is 0 Å². The Kier molecular flexibility index (Phi) is 7.34. The Morgan fingerprint density at radius 1 is 1.16 bits per heavy atom. The molecule has 3 unspecified atom stereocenters. The van der Waals surface area contributed by atoms with Crippen LogP contribution in [0.2, 0.25) is 11.4 Å². The Labute approximate surface area is 194 Å². The molecular weight excluding hydrogens is 469 g/mol. The third-order valence-electron chi connectivity index (χ3n) is 6.05. The molecule has 1 aromatic rings. The summed E-state index contributed by atoms with van der Waals surface area (Å²) in [6.07, 6.45) is 0.233. The molecule has 1 heterocycles. The summed E-state index contributed by atoms with van der Waals surface area (Å²) in [7, 11) is 1.30. The predicted molar refractivity (Wildman–Crippen MR) is 125 cm³/mol. The van der Waals surface area contributed by atoms with Crippen molar-refractivity contribution in [3.8, 4) is 0 Å². The van der Waals surface area contributed by atoms with Crippen LogP contribution in [0.5, 0.6) is 0 Å². The monoisotopic (exact) mass is 501 g/mol. The number of Topliss-reactive ketones (excluding diaryl/α,β-unsaturated/α-hetero) is 1. The van der Waals surface area contributed by atoms with Crippen molar-refractivity contribution in [3.63, 3.8) is 0 Å². The zero-order valence-corrected chi connectivity index (χ0v) is 21.7. The number of ether oxygens (including phenoxy) is 2. The number of methoxy groups -OCH3 is 1. The van der Waals surface area contributed by atoms with Crippen molar-refractivity contribution in [3.05, 3.63) is 52.4 Å². The normalized spacial score (nSPS) is 23.3. The second kappa shape index (κ2) is 9.66. The first-order valence-electron chi connectivity index (χ1n) is 10.9. The molecule has 172 valence electrons. The van der Waals surface area contributed by atoms with Crippen LogP contribution < -0.4 is 9.67 Å². The van der Waals surface area contributed by atoms with E-state index in [2.05, 4.69) is 28.9 Å². The van der Waals surface area contributed by atoms with E-state index in [-0.39, 0.29) is 17.8 Å². The van der Waals surface area contributed by atoms with E-state index in [1.807, 2.05) is 26.0 Å². The minimum absolute atomic E-state index is 0.201. The van der Waals surface area contributed by atoms with Crippen LogP contribution in [-0.2, 0) is 23.9 Å². The Hall–Kier alpha value is -2.33. The number of carbonyl (C=O) groups excluding carboxylic acids is 3. The number of hydrogen-bond donors (Lipinski definition) is 1. The molecule has 0 spiro atoms. The number of nitrogens with one attached hydrogen (secondary N) is 1. The maximum atomic E-state index is 13.7. The van der Waals surface area contributed by atoms with Crippen LogP contribution in [0.3, 0.4) is 0 Å². The Morgan fingerprint density at radius 2 is 1.78 bits per heavy atom. The van der Waals surface area contributed by atoms with Gasteiger partial charge in [-0.05, 0) is 0 Å². The number of hydrogen-bond acceptors (Lipinski definition) is 6. The molecule has 0 saturated carbocycles. The molecule has 0 bridgehead atoms. The van der Waals surface area contributed by atoms with Crippen LogP contribution in [0.1, 0.15) is 45.6 Å². The van der Waals surface area contributed by atoms with Crippen LogP contribution in [-0.4, -0.2) is 45.6 Å². The number of ketones is 1. The number of allylic oxidation sites excluding steroid dienone is 3. The third-order valence-corrected chi connectivity index (χ3v) is 8.84. The summed E-state index contributed by atoms with van der Waals surface area (Å²) in [5.74, 6) is -2.95. The zero-order chi connectivity index (χ0) is 23.7. The fourth-order valence-electron chi connectivity index (χ4n) is 4.53. The summed E-state index contributed by atoms with van der Waals surface area (Å²) >= 11 is -1.06. The second-order valence-corrected chi connectivity index (χ2v) is 13.8. The molecule has 0 amide bonds. The van der Waals surface area contributed by atoms with Crippen molar-refractivity contribution >= 4 is 36.7 Å². The van der Waals surface area contributed by atoms with Crippen molar-refractivity contribution in [2.24, 2.45) is 11.8 Å². The molecule has 0 radical (unpaired) electrons.